The minimum absolute atomic E-state index is 0.109. The predicted molar refractivity (Wildman–Crippen MR) is 148 cm³/mol. The van der Waals surface area contributed by atoms with Gasteiger partial charge in [-0.2, -0.15) is 0 Å². The van der Waals surface area contributed by atoms with Gasteiger partial charge in [0.2, 0.25) is 0 Å². The third kappa shape index (κ3) is 8.81. The molecule has 0 fully saturated rings. The van der Waals surface area contributed by atoms with E-state index in [9.17, 15) is 15.0 Å². The quantitative estimate of drug-likeness (QED) is 0.288. The highest BCUT2D eigenvalue weighted by Gasteiger charge is 2.37. The third-order valence-electron chi connectivity index (χ3n) is 6.96. The molecule has 34 heavy (non-hydrogen) atoms. The molecule has 0 aliphatic heterocycles. The molecule has 1 aromatic carbocycles. The number of hydrogen-bond acceptors (Lipinski definition) is 4. The first-order valence-corrected chi connectivity index (χ1v) is 17.6. The first-order chi connectivity index (χ1) is 15.4. The lowest BCUT2D eigenvalue weighted by Crippen LogP contribution is -2.40. The standard InChI is InChI=1S/C26H45NO5Si2/c1-25(2,3)33(7,8)31-15-11-13-21-17-20(19-28)18-22(23(21)27-24(29)30)14-12-16-32-34(9,10)26(4,5)6/h11-14,17-18,27-28H,15-16,19H2,1-10H3,(H,29,30)/b13-11-,14-12+. The molecule has 0 aliphatic carbocycles. The third-order valence-corrected chi connectivity index (χ3v) is 16.0. The molecule has 3 N–H and O–H groups in total. The Hall–Kier alpha value is -1.72. The number of hydrogen-bond donors (Lipinski definition) is 3. The molecule has 1 amide bonds. The SMILES string of the molecule is CC(C)(C)[Si](C)(C)OC/C=C\c1cc(CO)cc(/C=C/CO[Si](C)(C)C(C)(C)C)c1NC(=O)O. The van der Waals surface area contributed by atoms with E-state index in [1.165, 1.54) is 0 Å². The van der Waals surface area contributed by atoms with Gasteiger partial charge in [0.25, 0.3) is 0 Å². The summed E-state index contributed by atoms with van der Waals surface area (Å²) in [6, 6.07) is 3.58. The van der Waals surface area contributed by atoms with Crippen molar-refractivity contribution < 1.29 is 23.9 Å². The van der Waals surface area contributed by atoms with E-state index >= 15 is 0 Å². The first-order valence-electron chi connectivity index (χ1n) is 11.8. The summed E-state index contributed by atoms with van der Waals surface area (Å²) in [5.74, 6) is 0. The second kappa shape index (κ2) is 11.8. The number of nitrogens with one attached hydrogen (secondary N) is 1. The summed E-state index contributed by atoms with van der Waals surface area (Å²) in [5, 5.41) is 21.9. The van der Waals surface area contributed by atoms with Gasteiger partial charge in [-0.15, -0.1) is 0 Å². The van der Waals surface area contributed by atoms with Gasteiger partial charge >= 0.3 is 6.09 Å². The van der Waals surface area contributed by atoms with Crippen LogP contribution in [0.2, 0.25) is 36.3 Å². The molecule has 6 nitrogen and oxygen atoms in total. The van der Waals surface area contributed by atoms with Crippen LogP contribution in [-0.4, -0.2) is 46.2 Å². The smallest absolute Gasteiger partial charge is 0.409 e. The van der Waals surface area contributed by atoms with Crippen molar-refractivity contribution in [2.45, 2.75) is 84.4 Å². The zero-order chi connectivity index (χ0) is 26.4. The van der Waals surface area contributed by atoms with Crippen LogP contribution in [0.3, 0.4) is 0 Å². The summed E-state index contributed by atoms with van der Waals surface area (Å²) < 4.78 is 12.4. The Bertz CT molecular complexity index is 832. The van der Waals surface area contributed by atoms with E-state index in [-0.39, 0.29) is 16.7 Å². The van der Waals surface area contributed by atoms with E-state index in [1.807, 2.05) is 24.3 Å². The van der Waals surface area contributed by atoms with Gasteiger partial charge in [0, 0.05) is 0 Å². The van der Waals surface area contributed by atoms with Crippen molar-refractivity contribution in [3.8, 4) is 0 Å². The molecule has 8 heteroatoms. The molecule has 0 aromatic heterocycles. The van der Waals surface area contributed by atoms with Gasteiger partial charge in [0.05, 0.1) is 25.5 Å². The van der Waals surface area contributed by atoms with E-state index in [0.717, 1.165) is 0 Å². The summed E-state index contributed by atoms with van der Waals surface area (Å²) in [4.78, 5) is 11.5. The molecule has 0 atom stereocenters. The van der Waals surface area contributed by atoms with Gasteiger partial charge in [-0.05, 0) is 65.1 Å². The summed E-state index contributed by atoms with van der Waals surface area (Å²) in [5.41, 5.74) is 2.53. The fourth-order valence-corrected chi connectivity index (χ4v) is 4.55. The molecule has 0 aliphatic rings. The number of rotatable bonds is 10. The zero-order valence-corrected chi connectivity index (χ0v) is 24.7. The Morgan fingerprint density at radius 2 is 1.26 bits per heavy atom. The van der Waals surface area contributed by atoms with Crippen LogP contribution in [0.4, 0.5) is 10.5 Å². The average Bonchev–Trinajstić information content (AvgIpc) is 2.67. The normalized spacial score (nSPS) is 13.7. The number of carbonyl (C=O) groups is 1. The van der Waals surface area contributed by atoms with Crippen LogP contribution in [-0.2, 0) is 15.5 Å². The number of anilines is 1. The molecule has 0 saturated carbocycles. The predicted octanol–water partition coefficient (Wildman–Crippen LogP) is 7.34. The summed E-state index contributed by atoms with van der Waals surface area (Å²) in [6.07, 6.45) is 6.36. The maximum atomic E-state index is 11.5. The van der Waals surface area contributed by atoms with E-state index < -0.39 is 22.7 Å². The molecular formula is C26H45NO5Si2. The van der Waals surface area contributed by atoms with Gasteiger partial charge in [-0.25, -0.2) is 4.79 Å². The Morgan fingerprint density at radius 3 is 1.56 bits per heavy atom. The van der Waals surface area contributed by atoms with Gasteiger partial charge in [0.1, 0.15) is 0 Å². The Morgan fingerprint density at radius 1 is 0.882 bits per heavy atom. The molecule has 192 valence electrons. The largest absolute Gasteiger partial charge is 0.465 e. The van der Waals surface area contributed by atoms with Crippen LogP contribution < -0.4 is 5.32 Å². The molecule has 1 aromatic rings. The van der Waals surface area contributed by atoms with Crippen LogP contribution in [0.5, 0.6) is 0 Å². The molecule has 0 saturated heterocycles. The van der Waals surface area contributed by atoms with Crippen molar-refractivity contribution in [2.75, 3.05) is 18.5 Å². The van der Waals surface area contributed by atoms with Gasteiger partial charge in [0.15, 0.2) is 16.6 Å². The number of carboxylic acid groups (broad SMARTS) is 1. The minimum atomic E-state index is -1.89. The van der Waals surface area contributed by atoms with Crippen molar-refractivity contribution in [1.29, 1.82) is 0 Å². The summed E-state index contributed by atoms with van der Waals surface area (Å²) in [6.45, 7) is 22.7. The van der Waals surface area contributed by atoms with Crippen molar-refractivity contribution in [3.05, 3.63) is 41.0 Å². The van der Waals surface area contributed by atoms with Crippen molar-refractivity contribution in [1.82, 2.24) is 0 Å². The molecule has 0 radical (unpaired) electrons. The molecule has 0 bridgehead atoms. The molecule has 0 heterocycles. The van der Waals surface area contributed by atoms with Crippen LogP contribution in [0.1, 0.15) is 58.2 Å². The van der Waals surface area contributed by atoms with E-state index in [4.69, 9.17) is 8.85 Å². The highest BCUT2D eigenvalue weighted by atomic mass is 28.4. The van der Waals surface area contributed by atoms with E-state index in [1.54, 1.807) is 12.1 Å². The number of amides is 1. The fourth-order valence-electron chi connectivity index (χ4n) is 2.65. The van der Waals surface area contributed by atoms with Gasteiger partial charge in [-0.1, -0.05) is 65.8 Å². The van der Waals surface area contributed by atoms with Gasteiger partial charge in [-0.3, -0.25) is 5.32 Å². The van der Waals surface area contributed by atoms with E-state index in [2.05, 4.69) is 73.0 Å². The number of aliphatic hydroxyl groups is 1. The van der Waals surface area contributed by atoms with Crippen LogP contribution in [0.25, 0.3) is 12.2 Å². The lowest BCUT2D eigenvalue weighted by molar-refractivity contribution is 0.209. The molecule has 1 rings (SSSR count). The summed E-state index contributed by atoms with van der Waals surface area (Å²) in [7, 11) is -3.77. The van der Waals surface area contributed by atoms with Crippen molar-refractivity contribution in [2.24, 2.45) is 0 Å². The Kier molecular flexibility index (Phi) is 10.5. The second-order valence-electron chi connectivity index (χ2n) is 11.7. The lowest BCUT2D eigenvalue weighted by atomic mass is 10.0. The van der Waals surface area contributed by atoms with Crippen LogP contribution >= 0.6 is 0 Å². The van der Waals surface area contributed by atoms with Gasteiger partial charge < -0.3 is 19.1 Å². The second-order valence-corrected chi connectivity index (χ2v) is 21.3. The molecular weight excluding hydrogens is 462 g/mol. The van der Waals surface area contributed by atoms with Crippen molar-refractivity contribution >= 4 is 40.6 Å². The molecule has 0 unspecified atom stereocenters. The Balaban J connectivity index is 3.19. The Labute approximate surface area is 208 Å². The maximum Gasteiger partial charge on any atom is 0.409 e. The zero-order valence-electron chi connectivity index (χ0n) is 22.7. The van der Waals surface area contributed by atoms with Crippen LogP contribution in [0, 0.1) is 0 Å². The maximum absolute atomic E-state index is 11.5. The highest BCUT2D eigenvalue weighted by molar-refractivity contribution is 6.74. The highest BCUT2D eigenvalue weighted by Crippen LogP contribution is 2.37. The summed E-state index contributed by atoms with van der Waals surface area (Å²) >= 11 is 0. The molecule has 0 spiro atoms. The topological polar surface area (TPSA) is 88.0 Å². The monoisotopic (exact) mass is 507 g/mol. The van der Waals surface area contributed by atoms with Crippen molar-refractivity contribution in [3.63, 3.8) is 0 Å². The van der Waals surface area contributed by atoms with Crippen LogP contribution in [0.15, 0.2) is 24.3 Å². The first kappa shape index (κ1) is 30.3. The lowest BCUT2D eigenvalue weighted by Gasteiger charge is -2.35. The number of aliphatic hydroxyl groups excluding tert-OH is 1. The fraction of sp³-hybridized carbons (Fsp3) is 0.577. The number of benzene rings is 1. The van der Waals surface area contributed by atoms with E-state index in [0.29, 0.717) is 35.6 Å². The average molecular weight is 508 g/mol. The minimum Gasteiger partial charge on any atom is -0.465 e.